The van der Waals surface area contributed by atoms with Crippen LogP contribution < -0.4 is 20.3 Å². The number of hydrogen-bond acceptors (Lipinski definition) is 5. The molecule has 0 fully saturated rings. The zero-order chi connectivity index (χ0) is 20.5. The minimum absolute atomic E-state index is 0.204. The highest BCUT2D eigenvalue weighted by Gasteiger charge is 2.12. The molecule has 2 aromatic carbocycles. The van der Waals surface area contributed by atoms with Gasteiger partial charge in [0, 0.05) is 17.7 Å². The van der Waals surface area contributed by atoms with Crippen LogP contribution in [0.25, 0.3) is 0 Å². The number of methoxy groups -OCH3 is 1. The summed E-state index contributed by atoms with van der Waals surface area (Å²) in [7, 11) is 1.56. The molecule has 2 aromatic rings. The maximum absolute atomic E-state index is 12.3. The van der Waals surface area contributed by atoms with Gasteiger partial charge in [-0.15, -0.1) is 0 Å². The van der Waals surface area contributed by atoms with Gasteiger partial charge in [0.25, 0.3) is 11.8 Å². The van der Waals surface area contributed by atoms with Gasteiger partial charge in [0.05, 0.1) is 13.7 Å². The van der Waals surface area contributed by atoms with Crippen LogP contribution in [0.4, 0.5) is 0 Å². The average molecular weight is 386 g/mol. The van der Waals surface area contributed by atoms with Crippen molar-refractivity contribution in [3.05, 3.63) is 58.7 Å². The maximum Gasteiger partial charge on any atom is 0.276 e. The summed E-state index contributed by atoms with van der Waals surface area (Å²) in [4.78, 5) is 24.3. The fraction of sp³-hybridized carbons (Fsp3) is 0.333. The molecule has 0 spiro atoms. The molecule has 0 aliphatic rings. The lowest BCUT2D eigenvalue weighted by Gasteiger charge is -2.13. The lowest BCUT2D eigenvalue weighted by atomic mass is 10.1. The van der Waals surface area contributed by atoms with Crippen LogP contribution in [0.2, 0.25) is 0 Å². The normalized spacial score (nSPS) is 10.3. The summed E-state index contributed by atoms with van der Waals surface area (Å²) in [6, 6.07) is 10.7. The number of ether oxygens (including phenoxy) is 3. The number of hydrazine groups is 1. The van der Waals surface area contributed by atoms with E-state index in [1.807, 2.05) is 39.0 Å². The SMILES string of the molecule is CCOCc1cc(C(=O)NNC(=O)COc2c(C)cccc2C)ccc1OC. The third-order valence-corrected chi connectivity index (χ3v) is 4.08. The van der Waals surface area contributed by atoms with Crippen LogP contribution >= 0.6 is 0 Å². The number of carbonyl (C=O) groups is 2. The van der Waals surface area contributed by atoms with Gasteiger partial charge in [0.15, 0.2) is 6.61 Å². The molecule has 0 aromatic heterocycles. The molecule has 7 nitrogen and oxygen atoms in total. The molecule has 2 rings (SSSR count). The van der Waals surface area contributed by atoms with E-state index < -0.39 is 11.8 Å². The summed E-state index contributed by atoms with van der Waals surface area (Å²) in [5.74, 6) is 0.399. The van der Waals surface area contributed by atoms with Crippen LogP contribution in [-0.2, 0) is 16.1 Å². The summed E-state index contributed by atoms with van der Waals surface area (Å²) in [5.41, 5.74) is 7.76. The van der Waals surface area contributed by atoms with Crippen molar-refractivity contribution in [2.45, 2.75) is 27.4 Å². The number of benzene rings is 2. The highest BCUT2D eigenvalue weighted by atomic mass is 16.5. The first-order chi connectivity index (χ1) is 13.5. The number of carbonyl (C=O) groups excluding carboxylic acids is 2. The van der Waals surface area contributed by atoms with Crippen LogP contribution in [0.5, 0.6) is 11.5 Å². The Kier molecular flexibility index (Phi) is 7.83. The molecule has 0 heterocycles. The van der Waals surface area contributed by atoms with Gasteiger partial charge >= 0.3 is 0 Å². The van der Waals surface area contributed by atoms with Crippen molar-refractivity contribution in [3.63, 3.8) is 0 Å². The average Bonchev–Trinajstić information content (AvgIpc) is 2.69. The number of para-hydroxylation sites is 1. The lowest BCUT2D eigenvalue weighted by Crippen LogP contribution is -2.43. The smallest absolute Gasteiger partial charge is 0.276 e. The minimum Gasteiger partial charge on any atom is -0.496 e. The number of nitrogens with one attached hydrogen (secondary N) is 2. The lowest BCUT2D eigenvalue weighted by molar-refractivity contribution is -0.123. The van der Waals surface area contributed by atoms with Crippen LogP contribution in [0.15, 0.2) is 36.4 Å². The first-order valence-corrected chi connectivity index (χ1v) is 8.99. The van der Waals surface area contributed by atoms with Crippen molar-refractivity contribution in [1.29, 1.82) is 0 Å². The molecule has 0 aliphatic heterocycles. The standard InChI is InChI=1S/C21H26N2O5/c1-5-27-12-17-11-16(9-10-18(17)26-4)21(25)23-22-19(24)13-28-20-14(2)7-6-8-15(20)3/h6-11H,5,12-13H2,1-4H3,(H,22,24)(H,23,25). The van der Waals surface area contributed by atoms with E-state index in [9.17, 15) is 9.59 Å². The highest BCUT2D eigenvalue weighted by molar-refractivity contribution is 5.95. The second kappa shape index (κ2) is 10.3. The van der Waals surface area contributed by atoms with Crippen molar-refractivity contribution < 1.29 is 23.8 Å². The predicted octanol–water partition coefficient (Wildman–Crippen LogP) is 2.69. The molecule has 0 bridgehead atoms. The first kappa shape index (κ1) is 21.2. The Morgan fingerprint density at radius 2 is 1.75 bits per heavy atom. The molecule has 0 saturated carbocycles. The first-order valence-electron chi connectivity index (χ1n) is 8.99. The third-order valence-electron chi connectivity index (χ3n) is 4.08. The highest BCUT2D eigenvalue weighted by Crippen LogP contribution is 2.22. The molecule has 0 atom stereocenters. The Balaban J connectivity index is 1.91. The van der Waals surface area contributed by atoms with Gasteiger partial charge in [-0.2, -0.15) is 0 Å². The largest absolute Gasteiger partial charge is 0.496 e. The Labute approximate surface area is 165 Å². The van der Waals surface area contributed by atoms with E-state index in [0.717, 1.165) is 16.7 Å². The van der Waals surface area contributed by atoms with Gasteiger partial charge in [0.2, 0.25) is 0 Å². The van der Waals surface area contributed by atoms with Gasteiger partial charge in [-0.25, -0.2) is 0 Å². The topological polar surface area (TPSA) is 85.9 Å². The molecule has 7 heteroatoms. The van der Waals surface area contributed by atoms with E-state index in [4.69, 9.17) is 14.2 Å². The maximum atomic E-state index is 12.3. The van der Waals surface area contributed by atoms with Crippen molar-refractivity contribution in [2.75, 3.05) is 20.3 Å². The Bertz CT molecular complexity index is 815. The van der Waals surface area contributed by atoms with Crippen molar-refractivity contribution in [2.24, 2.45) is 0 Å². The van der Waals surface area contributed by atoms with Gasteiger partial charge < -0.3 is 14.2 Å². The minimum atomic E-state index is -0.459. The number of aryl methyl sites for hydroxylation is 2. The zero-order valence-corrected chi connectivity index (χ0v) is 16.6. The molecule has 0 unspecified atom stereocenters. The van der Waals surface area contributed by atoms with Crippen molar-refractivity contribution >= 4 is 11.8 Å². The van der Waals surface area contributed by atoms with Gasteiger partial charge in [-0.1, -0.05) is 18.2 Å². The Morgan fingerprint density at radius 3 is 2.39 bits per heavy atom. The Morgan fingerprint density at radius 1 is 1.04 bits per heavy atom. The van der Waals surface area contributed by atoms with Gasteiger partial charge in [0.1, 0.15) is 11.5 Å². The van der Waals surface area contributed by atoms with Crippen molar-refractivity contribution in [1.82, 2.24) is 10.9 Å². The number of hydrogen-bond donors (Lipinski definition) is 2. The molecule has 2 amide bonds. The fourth-order valence-electron chi connectivity index (χ4n) is 2.64. The number of amides is 2. The second-order valence-corrected chi connectivity index (χ2v) is 6.18. The van der Waals surface area contributed by atoms with E-state index in [2.05, 4.69) is 10.9 Å². The van der Waals surface area contributed by atoms with Crippen LogP contribution in [0, 0.1) is 13.8 Å². The van der Waals surface area contributed by atoms with E-state index in [0.29, 0.717) is 30.3 Å². The van der Waals surface area contributed by atoms with E-state index in [1.54, 1.807) is 25.3 Å². The molecule has 150 valence electrons. The van der Waals surface area contributed by atoms with Crippen molar-refractivity contribution in [3.8, 4) is 11.5 Å². The monoisotopic (exact) mass is 386 g/mol. The second-order valence-electron chi connectivity index (χ2n) is 6.18. The Hall–Kier alpha value is -3.06. The summed E-state index contributed by atoms with van der Waals surface area (Å²) < 4.78 is 16.2. The molecule has 0 radical (unpaired) electrons. The number of rotatable bonds is 8. The van der Waals surface area contributed by atoms with E-state index in [-0.39, 0.29) is 6.61 Å². The van der Waals surface area contributed by atoms with E-state index >= 15 is 0 Å². The summed E-state index contributed by atoms with van der Waals surface area (Å²) >= 11 is 0. The predicted molar refractivity (Wildman–Crippen MR) is 105 cm³/mol. The van der Waals surface area contributed by atoms with Crippen LogP contribution in [-0.4, -0.2) is 32.1 Å². The van der Waals surface area contributed by atoms with Crippen LogP contribution in [0.1, 0.15) is 34.0 Å². The van der Waals surface area contributed by atoms with Crippen LogP contribution in [0.3, 0.4) is 0 Å². The molecule has 2 N–H and O–H groups in total. The third kappa shape index (κ3) is 5.72. The fourth-order valence-corrected chi connectivity index (χ4v) is 2.64. The summed E-state index contributed by atoms with van der Waals surface area (Å²) in [5, 5.41) is 0. The van der Waals surface area contributed by atoms with Gasteiger partial charge in [-0.05, 0) is 50.1 Å². The van der Waals surface area contributed by atoms with Gasteiger partial charge in [-0.3, -0.25) is 20.4 Å². The quantitative estimate of drug-likeness (QED) is 0.682. The molecular formula is C21H26N2O5. The molecule has 0 aliphatic carbocycles. The molecule has 0 saturated heterocycles. The summed E-state index contributed by atoms with van der Waals surface area (Å²) in [6.07, 6.45) is 0. The molecular weight excluding hydrogens is 360 g/mol. The molecule has 28 heavy (non-hydrogen) atoms. The summed E-state index contributed by atoms with van der Waals surface area (Å²) in [6.45, 7) is 6.38. The zero-order valence-electron chi connectivity index (χ0n) is 16.6. The van der Waals surface area contributed by atoms with E-state index in [1.165, 1.54) is 0 Å².